The number of aromatic nitrogens is 5. The van der Waals surface area contributed by atoms with E-state index in [1.165, 1.54) is 10.7 Å². The lowest BCUT2D eigenvalue weighted by molar-refractivity contribution is -0.102. The standard InChI is InChI=1S/C23H23F2N7O3/c1-26-19-7-15(14-9-31(16-10-35-11-17(16)33)20-12(14)3-2-6-27-20)29-21-13(8-28-32(19)21)22(34)30-18-4-5-23(18,24)25/h2-3,6-9,16-18,26,33H,4-5,10-11H2,1H3,(H,30,34)/t16-,17-,18?/m1/s1. The normalized spacial score (nSPS) is 23.5. The third kappa shape index (κ3) is 3.43. The van der Waals surface area contributed by atoms with Gasteiger partial charge in [-0.25, -0.2) is 18.7 Å². The lowest BCUT2D eigenvalue weighted by atomic mass is 9.88. The van der Waals surface area contributed by atoms with Crippen LogP contribution in [0.4, 0.5) is 14.6 Å². The minimum atomic E-state index is -2.91. The van der Waals surface area contributed by atoms with Gasteiger partial charge in [-0.3, -0.25) is 4.79 Å². The molecule has 1 aliphatic carbocycles. The maximum absolute atomic E-state index is 13.7. The fourth-order valence-corrected chi connectivity index (χ4v) is 4.70. The molecule has 1 aliphatic heterocycles. The predicted octanol–water partition coefficient (Wildman–Crippen LogP) is 2.25. The number of fused-ring (bicyclic) bond motifs is 2. The Morgan fingerprint density at radius 3 is 2.86 bits per heavy atom. The van der Waals surface area contributed by atoms with Crippen molar-refractivity contribution in [3.63, 3.8) is 0 Å². The first kappa shape index (κ1) is 21.9. The summed E-state index contributed by atoms with van der Waals surface area (Å²) in [5.41, 5.74) is 2.29. The molecule has 1 saturated heterocycles. The summed E-state index contributed by atoms with van der Waals surface area (Å²) in [6.45, 7) is 0.600. The van der Waals surface area contributed by atoms with E-state index in [4.69, 9.17) is 9.72 Å². The molecule has 1 amide bonds. The van der Waals surface area contributed by atoms with E-state index >= 15 is 0 Å². The number of hydrogen-bond donors (Lipinski definition) is 3. The number of carbonyl (C=O) groups is 1. The van der Waals surface area contributed by atoms with Crippen molar-refractivity contribution < 1.29 is 23.4 Å². The second-order valence-electron chi connectivity index (χ2n) is 8.89. The first-order valence-corrected chi connectivity index (χ1v) is 11.3. The summed E-state index contributed by atoms with van der Waals surface area (Å²) in [7, 11) is 1.71. The SMILES string of the molecule is CNc1cc(-c2cn([C@@H]3COC[C@H]3O)c3ncccc23)nc2c(C(=O)NC3CCC3(F)F)cnn12. The summed E-state index contributed by atoms with van der Waals surface area (Å²) in [6, 6.07) is 4.01. The van der Waals surface area contributed by atoms with Crippen LogP contribution in [0.5, 0.6) is 0 Å². The number of ether oxygens (including phenoxy) is 1. The van der Waals surface area contributed by atoms with Gasteiger partial charge in [-0.15, -0.1) is 0 Å². The smallest absolute Gasteiger partial charge is 0.267 e. The highest BCUT2D eigenvalue weighted by Crippen LogP contribution is 2.38. The largest absolute Gasteiger partial charge is 0.388 e. The van der Waals surface area contributed by atoms with E-state index in [1.807, 2.05) is 22.9 Å². The molecule has 1 saturated carbocycles. The molecule has 10 nitrogen and oxygen atoms in total. The monoisotopic (exact) mass is 483 g/mol. The zero-order valence-electron chi connectivity index (χ0n) is 18.8. The molecule has 12 heteroatoms. The maximum Gasteiger partial charge on any atom is 0.267 e. The molecule has 0 radical (unpaired) electrons. The van der Waals surface area contributed by atoms with E-state index in [2.05, 4.69) is 20.7 Å². The molecule has 0 aromatic carbocycles. The zero-order chi connectivity index (χ0) is 24.3. The number of halogens is 2. The lowest BCUT2D eigenvalue weighted by Gasteiger charge is -2.36. The van der Waals surface area contributed by atoms with Crippen LogP contribution in [0, 0.1) is 0 Å². The van der Waals surface area contributed by atoms with Crippen LogP contribution in [-0.4, -0.2) is 73.5 Å². The van der Waals surface area contributed by atoms with Crippen LogP contribution < -0.4 is 10.6 Å². The van der Waals surface area contributed by atoms with Crippen LogP contribution in [-0.2, 0) is 4.74 Å². The number of anilines is 1. The number of carbonyl (C=O) groups excluding carboxylic acids is 1. The Balaban J connectivity index is 1.47. The predicted molar refractivity (Wildman–Crippen MR) is 123 cm³/mol. The van der Waals surface area contributed by atoms with Crippen LogP contribution >= 0.6 is 0 Å². The van der Waals surface area contributed by atoms with Gasteiger partial charge in [-0.05, 0) is 18.6 Å². The molecule has 3 N–H and O–H groups in total. The second kappa shape index (κ2) is 7.95. The highest BCUT2D eigenvalue weighted by molar-refractivity contribution is 6.01. The minimum Gasteiger partial charge on any atom is -0.388 e. The minimum absolute atomic E-state index is 0.104. The summed E-state index contributed by atoms with van der Waals surface area (Å²) in [5, 5.41) is 20.9. The number of aliphatic hydroxyl groups is 1. The average molecular weight is 483 g/mol. The van der Waals surface area contributed by atoms with E-state index < -0.39 is 24.0 Å². The van der Waals surface area contributed by atoms with Crippen molar-refractivity contribution in [3.05, 3.63) is 42.4 Å². The number of rotatable bonds is 5. The summed E-state index contributed by atoms with van der Waals surface area (Å²) in [6.07, 6.45) is 4.19. The van der Waals surface area contributed by atoms with Gasteiger partial charge in [0.2, 0.25) is 0 Å². The molecule has 4 aromatic heterocycles. The Kier molecular flexibility index (Phi) is 4.97. The molecule has 2 fully saturated rings. The number of alkyl halides is 2. The highest BCUT2D eigenvalue weighted by Gasteiger charge is 2.49. The molecule has 2 aliphatic rings. The van der Waals surface area contributed by atoms with Crippen LogP contribution in [0.15, 0.2) is 36.8 Å². The van der Waals surface area contributed by atoms with Gasteiger partial charge in [-0.2, -0.15) is 9.61 Å². The topological polar surface area (TPSA) is 119 Å². The quantitative estimate of drug-likeness (QED) is 0.398. The second-order valence-corrected chi connectivity index (χ2v) is 8.89. The zero-order valence-corrected chi connectivity index (χ0v) is 18.8. The Labute approximate surface area is 197 Å². The van der Waals surface area contributed by atoms with Gasteiger partial charge in [0.1, 0.15) is 23.1 Å². The summed E-state index contributed by atoms with van der Waals surface area (Å²) >= 11 is 0. The molecule has 4 aromatic rings. The van der Waals surface area contributed by atoms with Gasteiger partial charge < -0.3 is 25.0 Å². The number of aliphatic hydroxyl groups excluding tert-OH is 1. The number of hydrogen-bond acceptors (Lipinski definition) is 7. The summed E-state index contributed by atoms with van der Waals surface area (Å²) in [4.78, 5) is 22.1. The van der Waals surface area contributed by atoms with E-state index in [9.17, 15) is 18.7 Å². The Morgan fingerprint density at radius 2 is 2.17 bits per heavy atom. The number of pyridine rings is 1. The lowest BCUT2D eigenvalue weighted by Crippen LogP contribution is -2.55. The molecule has 1 unspecified atom stereocenters. The van der Waals surface area contributed by atoms with Crippen molar-refractivity contribution in [2.24, 2.45) is 0 Å². The third-order valence-electron chi connectivity index (χ3n) is 6.80. The van der Waals surface area contributed by atoms with Crippen molar-refractivity contribution in [2.45, 2.75) is 37.0 Å². The van der Waals surface area contributed by atoms with Crippen molar-refractivity contribution in [1.29, 1.82) is 0 Å². The first-order chi connectivity index (χ1) is 16.9. The Hall–Kier alpha value is -3.64. The fraction of sp³-hybridized carbons (Fsp3) is 0.391. The Bertz CT molecular complexity index is 1450. The van der Waals surface area contributed by atoms with E-state index in [1.54, 1.807) is 19.3 Å². The Morgan fingerprint density at radius 1 is 1.31 bits per heavy atom. The molecular weight excluding hydrogens is 460 g/mol. The average Bonchev–Trinajstić information content (AvgIpc) is 3.57. The van der Waals surface area contributed by atoms with E-state index in [0.29, 0.717) is 23.8 Å². The molecule has 35 heavy (non-hydrogen) atoms. The van der Waals surface area contributed by atoms with E-state index in [0.717, 1.165) is 10.9 Å². The van der Waals surface area contributed by atoms with Gasteiger partial charge >= 0.3 is 0 Å². The van der Waals surface area contributed by atoms with Gasteiger partial charge in [0.05, 0.1) is 37.2 Å². The summed E-state index contributed by atoms with van der Waals surface area (Å²) < 4.78 is 36.3. The van der Waals surface area contributed by atoms with Gasteiger partial charge in [0.25, 0.3) is 11.8 Å². The molecule has 182 valence electrons. The fourth-order valence-electron chi connectivity index (χ4n) is 4.70. The van der Waals surface area contributed by atoms with Crippen molar-refractivity contribution in [2.75, 3.05) is 25.6 Å². The van der Waals surface area contributed by atoms with Crippen LogP contribution in [0.2, 0.25) is 0 Å². The molecule has 5 heterocycles. The molecule has 3 atom stereocenters. The van der Waals surface area contributed by atoms with Gasteiger partial charge in [-0.1, -0.05) is 0 Å². The van der Waals surface area contributed by atoms with Crippen molar-refractivity contribution in [3.8, 4) is 11.3 Å². The van der Waals surface area contributed by atoms with Crippen LogP contribution in [0.1, 0.15) is 29.2 Å². The van der Waals surface area contributed by atoms with Crippen LogP contribution in [0.3, 0.4) is 0 Å². The summed E-state index contributed by atoms with van der Waals surface area (Å²) in [5.74, 6) is -2.99. The van der Waals surface area contributed by atoms with Crippen molar-refractivity contribution >= 4 is 28.4 Å². The van der Waals surface area contributed by atoms with Crippen LogP contribution in [0.25, 0.3) is 27.9 Å². The first-order valence-electron chi connectivity index (χ1n) is 11.3. The van der Waals surface area contributed by atoms with Crippen molar-refractivity contribution in [1.82, 2.24) is 29.5 Å². The van der Waals surface area contributed by atoms with Gasteiger partial charge in [0, 0.05) is 42.9 Å². The molecule has 0 spiro atoms. The number of nitrogens with one attached hydrogen (secondary N) is 2. The molecular formula is C23H23F2N7O3. The van der Waals surface area contributed by atoms with Gasteiger partial charge in [0.15, 0.2) is 5.65 Å². The maximum atomic E-state index is 13.7. The third-order valence-corrected chi connectivity index (χ3v) is 6.80. The highest BCUT2D eigenvalue weighted by atomic mass is 19.3. The molecule has 0 bridgehead atoms. The number of nitrogens with zero attached hydrogens (tertiary/aromatic N) is 5. The molecule has 6 rings (SSSR count). The van der Waals surface area contributed by atoms with E-state index in [-0.39, 0.29) is 36.7 Å². The number of amides is 1.